The van der Waals surface area contributed by atoms with Crippen molar-refractivity contribution in [1.29, 1.82) is 0 Å². The topological polar surface area (TPSA) is 12.0 Å². The molecule has 0 saturated heterocycles. The summed E-state index contributed by atoms with van der Waals surface area (Å²) in [7, 11) is 0. The van der Waals surface area contributed by atoms with Gasteiger partial charge in [-0.2, -0.15) is 0 Å². The molecule has 0 aromatic carbocycles. The lowest BCUT2D eigenvalue weighted by atomic mass is 10.1. The quantitative estimate of drug-likeness (QED) is 0.503. The number of rotatable bonds is 6. The third kappa shape index (κ3) is 6.67. The van der Waals surface area contributed by atoms with E-state index in [0.29, 0.717) is 6.04 Å². The molecule has 0 aromatic rings. The predicted octanol–water partition coefficient (Wildman–Crippen LogP) is 3.45. The minimum Gasteiger partial charge on any atom is -0.314 e. The summed E-state index contributed by atoms with van der Waals surface area (Å²) in [6.07, 6.45) is 7.23. The van der Waals surface area contributed by atoms with E-state index in [1.54, 1.807) is 0 Å². The van der Waals surface area contributed by atoms with Gasteiger partial charge in [0.15, 0.2) is 0 Å². The standard InChI is InChI=1S/C13H23N/c1-6-8-12(4)13(5)9-7-10-14-11(2)3/h6,8-9,11,14H,1,7,10H2,2-5H3/b12-8-,13-9-. The first-order chi connectivity index (χ1) is 6.57. The highest BCUT2D eigenvalue weighted by Gasteiger charge is 1.92. The lowest BCUT2D eigenvalue weighted by Crippen LogP contribution is -2.23. The molecule has 0 radical (unpaired) electrons. The fraction of sp³-hybridized carbons (Fsp3) is 0.538. The van der Waals surface area contributed by atoms with Crippen LogP contribution in [0, 0.1) is 0 Å². The van der Waals surface area contributed by atoms with Gasteiger partial charge in [-0.1, -0.05) is 44.2 Å². The van der Waals surface area contributed by atoms with E-state index in [2.05, 4.69) is 45.7 Å². The summed E-state index contributed by atoms with van der Waals surface area (Å²) in [5.41, 5.74) is 2.64. The Morgan fingerprint density at radius 1 is 1.29 bits per heavy atom. The van der Waals surface area contributed by atoms with Gasteiger partial charge in [0.1, 0.15) is 0 Å². The van der Waals surface area contributed by atoms with Gasteiger partial charge in [0, 0.05) is 6.04 Å². The second kappa shape index (κ2) is 7.57. The zero-order chi connectivity index (χ0) is 11.0. The lowest BCUT2D eigenvalue weighted by Gasteiger charge is -2.06. The first kappa shape index (κ1) is 13.2. The Bertz CT molecular complexity index is 221. The van der Waals surface area contributed by atoms with E-state index >= 15 is 0 Å². The molecule has 0 unspecified atom stereocenters. The largest absolute Gasteiger partial charge is 0.314 e. The van der Waals surface area contributed by atoms with Gasteiger partial charge in [0.2, 0.25) is 0 Å². The average molecular weight is 193 g/mol. The van der Waals surface area contributed by atoms with Crippen molar-refractivity contribution in [3.05, 3.63) is 36.0 Å². The Kier molecular flexibility index (Phi) is 7.13. The van der Waals surface area contributed by atoms with Crippen LogP contribution >= 0.6 is 0 Å². The van der Waals surface area contributed by atoms with Crippen LogP contribution in [0.1, 0.15) is 34.1 Å². The summed E-state index contributed by atoms with van der Waals surface area (Å²) >= 11 is 0. The summed E-state index contributed by atoms with van der Waals surface area (Å²) in [6.45, 7) is 13.3. The fourth-order valence-corrected chi connectivity index (χ4v) is 1.13. The molecule has 0 saturated carbocycles. The van der Waals surface area contributed by atoms with E-state index in [0.717, 1.165) is 13.0 Å². The van der Waals surface area contributed by atoms with Crippen LogP contribution < -0.4 is 5.32 Å². The van der Waals surface area contributed by atoms with Gasteiger partial charge in [0.05, 0.1) is 0 Å². The molecule has 0 atom stereocenters. The fourth-order valence-electron chi connectivity index (χ4n) is 1.13. The van der Waals surface area contributed by atoms with Crippen LogP contribution in [0.2, 0.25) is 0 Å². The van der Waals surface area contributed by atoms with Crippen LogP contribution in [0.25, 0.3) is 0 Å². The molecule has 0 aromatic heterocycles. The molecule has 80 valence electrons. The molecule has 0 bridgehead atoms. The van der Waals surface area contributed by atoms with Gasteiger partial charge < -0.3 is 5.32 Å². The van der Waals surface area contributed by atoms with Crippen LogP contribution in [0.4, 0.5) is 0 Å². The summed E-state index contributed by atoms with van der Waals surface area (Å²) < 4.78 is 0. The molecule has 0 aliphatic heterocycles. The summed E-state index contributed by atoms with van der Waals surface area (Å²) in [5, 5.41) is 3.39. The van der Waals surface area contributed by atoms with Gasteiger partial charge in [-0.15, -0.1) is 0 Å². The van der Waals surface area contributed by atoms with Crippen LogP contribution in [-0.2, 0) is 0 Å². The van der Waals surface area contributed by atoms with Crippen LogP contribution in [-0.4, -0.2) is 12.6 Å². The molecule has 0 aliphatic rings. The Morgan fingerprint density at radius 3 is 2.43 bits per heavy atom. The maximum Gasteiger partial charge on any atom is 0.00105 e. The summed E-state index contributed by atoms with van der Waals surface area (Å²) in [6, 6.07) is 0.577. The first-order valence-corrected chi connectivity index (χ1v) is 5.27. The monoisotopic (exact) mass is 193 g/mol. The molecule has 0 amide bonds. The Labute approximate surface area is 88.6 Å². The van der Waals surface area contributed by atoms with Gasteiger partial charge in [0.25, 0.3) is 0 Å². The third-order valence-electron chi connectivity index (χ3n) is 2.14. The molecule has 0 heterocycles. The molecule has 1 heteroatoms. The van der Waals surface area contributed by atoms with Gasteiger partial charge in [-0.25, -0.2) is 0 Å². The highest BCUT2D eigenvalue weighted by molar-refractivity contribution is 5.29. The molecule has 0 fully saturated rings. The number of nitrogens with one attached hydrogen (secondary N) is 1. The molecule has 1 nitrogen and oxygen atoms in total. The zero-order valence-corrected chi connectivity index (χ0v) is 9.93. The maximum absolute atomic E-state index is 3.69. The minimum absolute atomic E-state index is 0.577. The highest BCUT2D eigenvalue weighted by atomic mass is 14.9. The Morgan fingerprint density at radius 2 is 1.93 bits per heavy atom. The van der Waals surface area contributed by atoms with Crippen molar-refractivity contribution < 1.29 is 0 Å². The predicted molar refractivity (Wildman–Crippen MR) is 65.5 cm³/mol. The zero-order valence-electron chi connectivity index (χ0n) is 9.93. The number of hydrogen-bond donors (Lipinski definition) is 1. The smallest absolute Gasteiger partial charge is 0.00105 e. The molecule has 0 rings (SSSR count). The van der Waals surface area contributed by atoms with Gasteiger partial charge >= 0.3 is 0 Å². The van der Waals surface area contributed by atoms with Crippen molar-refractivity contribution in [2.75, 3.05) is 6.54 Å². The Balaban J connectivity index is 3.88. The number of hydrogen-bond acceptors (Lipinski definition) is 1. The molecule has 0 aliphatic carbocycles. The van der Waals surface area contributed by atoms with Gasteiger partial charge in [-0.05, 0) is 32.4 Å². The Hall–Kier alpha value is -0.820. The molecular weight excluding hydrogens is 170 g/mol. The van der Waals surface area contributed by atoms with Crippen molar-refractivity contribution in [2.45, 2.75) is 40.2 Å². The lowest BCUT2D eigenvalue weighted by molar-refractivity contribution is 0.594. The van der Waals surface area contributed by atoms with E-state index in [-0.39, 0.29) is 0 Å². The van der Waals surface area contributed by atoms with E-state index in [9.17, 15) is 0 Å². The van der Waals surface area contributed by atoms with E-state index in [4.69, 9.17) is 0 Å². The van der Waals surface area contributed by atoms with Crippen molar-refractivity contribution in [2.24, 2.45) is 0 Å². The van der Waals surface area contributed by atoms with Crippen LogP contribution in [0.15, 0.2) is 36.0 Å². The molecular formula is C13H23N. The van der Waals surface area contributed by atoms with Crippen LogP contribution in [0.3, 0.4) is 0 Å². The number of allylic oxidation sites excluding steroid dienone is 4. The van der Waals surface area contributed by atoms with E-state index in [1.165, 1.54) is 11.1 Å². The van der Waals surface area contributed by atoms with Crippen LogP contribution in [0.5, 0.6) is 0 Å². The third-order valence-corrected chi connectivity index (χ3v) is 2.14. The second-order valence-electron chi connectivity index (χ2n) is 3.87. The van der Waals surface area contributed by atoms with E-state index in [1.807, 2.05) is 12.2 Å². The SMILES string of the molecule is C=C/C=C(C)\C(C)=C/CCNC(C)C. The summed E-state index contributed by atoms with van der Waals surface area (Å²) in [5.74, 6) is 0. The first-order valence-electron chi connectivity index (χ1n) is 5.27. The molecule has 0 spiro atoms. The molecule has 1 N–H and O–H groups in total. The van der Waals surface area contributed by atoms with Crippen molar-refractivity contribution in [3.8, 4) is 0 Å². The average Bonchev–Trinajstić information content (AvgIpc) is 2.12. The maximum atomic E-state index is 3.69. The summed E-state index contributed by atoms with van der Waals surface area (Å²) in [4.78, 5) is 0. The van der Waals surface area contributed by atoms with Crippen molar-refractivity contribution in [3.63, 3.8) is 0 Å². The normalized spacial score (nSPS) is 13.5. The minimum atomic E-state index is 0.577. The van der Waals surface area contributed by atoms with Gasteiger partial charge in [-0.3, -0.25) is 0 Å². The van der Waals surface area contributed by atoms with Crippen molar-refractivity contribution >= 4 is 0 Å². The second-order valence-corrected chi connectivity index (χ2v) is 3.87. The molecule has 14 heavy (non-hydrogen) atoms. The van der Waals surface area contributed by atoms with E-state index < -0.39 is 0 Å². The van der Waals surface area contributed by atoms with Crippen molar-refractivity contribution in [1.82, 2.24) is 5.32 Å². The highest BCUT2D eigenvalue weighted by Crippen LogP contribution is 2.08.